The summed E-state index contributed by atoms with van der Waals surface area (Å²) in [5, 5.41) is 12.1. The van der Waals surface area contributed by atoms with E-state index in [0.717, 1.165) is 29.7 Å². The minimum atomic E-state index is -0.171. The average Bonchev–Trinajstić information content (AvgIpc) is 2.99. The van der Waals surface area contributed by atoms with Crippen LogP contribution in [-0.2, 0) is 0 Å². The van der Waals surface area contributed by atoms with E-state index in [1.807, 2.05) is 36.1 Å². The van der Waals surface area contributed by atoms with Gasteiger partial charge in [-0.1, -0.05) is 12.1 Å². The predicted molar refractivity (Wildman–Crippen MR) is 84.4 cm³/mol. The number of H-pyrrole nitrogens is 1. The number of carbonyl (C=O) groups excluding carboxylic acids is 1. The Morgan fingerprint density at radius 3 is 2.86 bits per heavy atom. The largest absolute Gasteiger partial charge is 0.396 e. The summed E-state index contributed by atoms with van der Waals surface area (Å²) in [5.74, 6) is 1.09. The molecule has 1 aliphatic heterocycles. The fourth-order valence-electron chi connectivity index (χ4n) is 2.84. The van der Waals surface area contributed by atoms with E-state index < -0.39 is 0 Å². The maximum absolute atomic E-state index is 12.3. The highest BCUT2D eigenvalue weighted by Gasteiger charge is 2.24. The van der Waals surface area contributed by atoms with Gasteiger partial charge >= 0.3 is 6.03 Å². The van der Waals surface area contributed by atoms with Gasteiger partial charge in [-0.15, -0.1) is 0 Å². The first kappa shape index (κ1) is 14.8. The number of carbonyl (C=O) groups is 1. The van der Waals surface area contributed by atoms with E-state index in [9.17, 15) is 4.79 Å². The van der Waals surface area contributed by atoms with Gasteiger partial charge in [-0.05, 0) is 37.8 Å². The molecule has 1 fully saturated rings. The number of likely N-dealkylation sites (tertiary alicyclic amines) is 1. The standard InChI is InChI=1S/C16H22N4O2/c1-11(15-18-13-4-2-3-5-14(13)19-15)17-16(22)20-8-6-12(10-21)7-9-20/h2-5,11-12,21H,6-10H2,1H3,(H,17,22)(H,18,19). The molecule has 1 saturated heterocycles. The lowest BCUT2D eigenvalue weighted by atomic mass is 9.98. The second-order valence-corrected chi connectivity index (χ2v) is 5.92. The zero-order chi connectivity index (χ0) is 15.5. The molecular weight excluding hydrogens is 280 g/mol. The number of aromatic nitrogens is 2. The molecular formula is C16H22N4O2. The Bertz CT molecular complexity index is 613. The summed E-state index contributed by atoms with van der Waals surface area (Å²) in [6.45, 7) is 3.54. The third-order valence-electron chi connectivity index (χ3n) is 4.32. The quantitative estimate of drug-likeness (QED) is 0.811. The van der Waals surface area contributed by atoms with Gasteiger partial charge in [0, 0.05) is 19.7 Å². The van der Waals surface area contributed by atoms with Crippen LogP contribution in [0.2, 0.25) is 0 Å². The number of aliphatic hydroxyl groups excluding tert-OH is 1. The van der Waals surface area contributed by atoms with Crippen molar-refractivity contribution < 1.29 is 9.90 Å². The SMILES string of the molecule is CC(NC(=O)N1CCC(CO)CC1)c1nc2ccccc2[nH]1. The smallest absolute Gasteiger partial charge is 0.317 e. The van der Waals surface area contributed by atoms with E-state index in [0.29, 0.717) is 19.0 Å². The topological polar surface area (TPSA) is 81.2 Å². The van der Waals surface area contributed by atoms with Crippen LogP contribution in [0.4, 0.5) is 4.79 Å². The van der Waals surface area contributed by atoms with Crippen molar-refractivity contribution in [3.05, 3.63) is 30.1 Å². The average molecular weight is 302 g/mol. The molecule has 1 aromatic carbocycles. The van der Waals surface area contributed by atoms with Gasteiger partial charge in [0.05, 0.1) is 17.1 Å². The third kappa shape index (κ3) is 3.06. The highest BCUT2D eigenvalue weighted by Crippen LogP contribution is 2.18. The molecule has 118 valence electrons. The summed E-state index contributed by atoms with van der Waals surface area (Å²) in [5.41, 5.74) is 1.88. The first-order chi connectivity index (χ1) is 10.7. The minimum Gasteiger partial charge on any atom is -0.396 e. The van der Waals surface area contributed by atoms with Crippen molar-refractivity contribution in [2.75, 3.05) is 19.7 Å². The first-order valence-electron chi connectivity index (χ1n) is 7.78. The van der Waals surface area contributed by atoms with Crippen LogP contribution in [0.5, 0.6) is 0 Å². The van der Waals surface area contributed by atoms with E-state index >= 15 is 0 Å². The van der Waals surface area contributed by atoms with Crippen LogP contribution in [0, 0.1) is 5.92 Å². The zero-order valence-corrected chi connectivity index (χ0v) is 12.7. The first-order valence-corrected chi connectivity index (χ1v) is 7.78. The van der Waals surface area contributed by atoms with Gasteiger partial charge in [0.2, 0.25) is 0 Å². The van der Waals surface area contributed by atoms with Crippen LogP contribution in [0.25, 0.3) is 11.0 Å². The summed E-state index contributed by atoms with van der Waals surface area (Å²) >= 11 is 0. The number of rotatable bonds is 3. The number of urea groups is 1. The molecule has 2 heterocycles. The number of hydrogen-bond donors (Lipinski definition) is 3. The van der Waals surface area contributed by atoms with Crippen molar-refractivity contribution in [3.8, 4) is 0 Å². The number of nitrogens with one attached hydrogen (secondary N) is 2. The molecule has 0 radical (unpaired) electrons. The Morgan fingerprint density at radius 2 is 2.18 bits per heavy atom. The van der Waals surface area contributed by atoms with Gasteiger partial charge in [0.1, 0.15) is 5.82 Å². The van der Waals surface area contributed by atoms with E-state index in [-0.39, 0.29) is 18.7 Å². The molecule has 3 rings (SSSR count). The number of nitrogens with zero attached hydrogens (tertiary/aromatic N) is 2. The van der Waals surface area contributed by atoms with Gasteiger partial charge in [-0.25, -0.2) is 9.78 Å². The maximum Gasteiger partial charge on any atom is 0.317 e. The van der Waals surface area contributed by atoms with Crippen molar-refractivity contribution in [2.24, 2.45) is 5.92 Å². The van der Waals surface area contributed by atoms with Crippen LogP contribution in [0.3, 0.4) is 0 Å². The molecule has 0 aliphatic carbocycles. The molecule has 1 aliphatic rings. The zero-order valence-electron chi connectivity index (χ0n) is 12.7. The highest BCUT2D eigenvalue weighted by molar-refractivity contribution is 5.76. The highest BCUT2D eigenvalue weighted by atomic mass is 16.3. The van der Waals surface area contributed by atoms with Gasteiger partial charge in [0.15, 0.2) is 0 Å². The molecule has 3 N–H and O–H groups in total. The molecule has 1 aromatic heterocycles. The monoisotopic (exact) mass is 302 g/mol. The molecule has 1 atom stereocenters. The lowest BCUT2D eigenvalue weighted by molar-refractivity contribution is 0.136. The van der Waals surface area contributed by atoms with Crippen LogP contribution >= 0.6 is 0 Å². The molecule has 22 heavy (non-hydrogen) atoms. The van der Waals surface area contributed by atoms with Gasteiger partial charge in [0.25, 0.3) is 0 Å². The maximum atomic E-state index is 12.3. The van der Waals surface area contributed by atoms with Crippen molar-refractivity contribution >= 4 is 17.1 Å². The second kappa shape index (κ2) is 6.36. The number of fused-ring (bicyclic) bond motifs is 1. The Kier molecular flexibility index (Phi) is 4.29. The molecule has 1 unspecified atom stereocenters. The third-order valence-corrected chi connectivity index (χ3v) is 4.32. The van der Waals surface area contributed by atoms with Crippen LogP contribution < -0.4 is 5.32 Å². The second-order valence-electron chi connectivity index (χ2n) is 5.92. The number of aliphatic hydroxyl groups is 1. The number of aromatic amines is 1. The lowest BCUT2D eigenvalue weighted by Gasteiger charge is -2.31. The van der Waals surface area contributed by atoms with E-state index in [4.69, 9.17) is 5.11 Å². The normalized spacial score (nSPS) is 17.6. The molecule has 0 spiro atoms. The Balaban J connectivity index is 1.61. The number of amides is 2. The number of para-hydroxylation sites is 2. The van der Waals surface area contributed by atoms with Crippen molar-refractivity contribution in [1.82, 2.24) is 20.2 Å². The summed E-state index contributed by atoms with van der Waals surface area (Å²) in [7, 11) is 0. The summed E-state index contributed by atoms with van der Waals surface area (Å²) in [6, 6.07) is 7.59. The molecule has 0 bridgehead atoms. The van der Waals surface area contributed by atoms with Crippen LogP contribution in [0.1, 0.15) is 31.6 Å². The Morgan fingerprint density at radius 1 is 1.45 bits per heavy atom. The van der Waals surface area contributed by atoms with E-state index in [1.165, 1.54) is 0 Å². The van der Waals surface area contributed by atoms with Crippen LogP contribution in [-0.4, -0.2) is 45.7 Å². The van der Waals surface area contributed by atoms with Crippen molar-refractivity contribution in [2.45, 2.75) is 25.8 Å². The number of imidazole rings is 1. The van der Waals surface area contributed by atoms with E-state index in [2.05, 4.69) is 15.3 Å². The number of piperidine rings is 1. The van der Waals surface area contributed by atoms with Crippen molar-refractivity contribution in [1.29, 1.82) is 0 Å². The summed E-state index contributed by atoms with van der Waals surface area (Å²) in [4.78, 5) is 21.9. The fraction of sp³-hybridized carbons (Fsp3) is 0.500. The summed E-state index contributed by atoms with van der Waals surface area (Å²) in [6.07, 6.45) is 1.73. The Hall–Kier alpha value is -2.08. The Labute approximate surface area is 129 Å². The molecule has 6 nitrogen and oxygen atoms in total. The minimum absolute atomic E-state index is 0.0654. The lowest BCUT2D eigenvalue weighted by Crippen LogP contribution is -2.45. The molecule has 0 saturated carbocycles. The molecule has 2 aromatic rings. The predicted octanol–water partition coefficient (Wildman–Crippen LogP) is 2.04. The van der Waals surface area contributed by atoms with Gasteiger partial charge in [-0.3, -0.25) is 0 Å². The van der Waals surface area contributed by atoms with Crippen LogP contribution in [0.15, 0.2) is 24.3 Å². The fourth-order valence-corrected chi connectivity index (χ4v) is 2.84. The van der Waals surface area contributed by atoms with Crippen molar-refractivity contribution in [3.63, 3.8) is 0 Å². The number of benzene rings is 1. The van der Waals surface area contributed by atoms with Gasteiger partial charge in [-0.2, -0.15) is 0 Å². The summed E-state index contributed by atoms with van der Waals surface area (Å²) < 4.78 is 0. The molecule has 2 amide bonds. The number of hydrogen-bond acceptors (Lipinski definition) is 3. The van der Waals surface area contributed by atoms with Gasteiger partial charge < -0.3 is 20.3 Å². The van der Waals surface area contributed by atoms with E-state index in [1.54, 1.807) is 0 Å². The molecule has 6 heteroatoms.